The van der Waals surface area contributed by atoms with Crippen molar-refractivity contribution in [1.29, 1.82) is 0 Å². The highest BCUT2D eigenvalue weighted by atomic mass is 16.5. The van der Waals surface area contributed by atoms with Crippen molar-refractivity contribution in [2.24, 2.45) is 0 Å². The molecule has 1 aromatic heterocycles. The SMILES string of the molecule is CCOC(=O)Nc1cccc(Cn2nc(-c3ccc(COCCCN(C)C)cc3)ccc2=O)c1. The summed E-state index contributed by atoms with van der Waals surface area (Å²) >= 11 is 0. The Hall–Kier alpha value is -3.49. The Morgan fingerprint density at radius 1 is 1.06 bits per heavy atom. The molecule has 2 aromatic carbocycles. The summed E-state index contributed by atoms with van der Waals surface area (Å²) < 4.78 is 12.1. The Bertz CT molecular complexity index is 1130. The summed E-state index contributed by atoms with van der Waals surface area (Å²) in [5.41, 5.74) is 3.95. The van der Waals surface area contributed by atoms with E-state index in [1.807, 2.05) is 36.4 Å². The van der Waals surface area contributed by atoms with Gasteiger partial charge in [-0.2, -0.15) is 5.10 Å². The summed E-state index contributed by atoms with van der Waals surface area (Å²) in [5.74, 6) is 0. The first kappa shape index (κ1) is 25.1. The third-order valence-corrected chi connectivity index (χ3v) is 5.06. The van der Waals surface area contributed by atoms with Gasteiger partial charge in [0.25, 0.3) is 5.56 Å². The van der Waals surface area contributed by atoms with Crippen molar-refractivity contribution in [3.8, 4) is 11.3 Å². The Labute approximate surface area is 200 Å². The summed E-state index contributed by atoms with van der Waals surface area (Å²) in [6.45, 7) is 4.62. The Morgan fingerprint density at radius 2 is 1.85 bits per heavy atom. The first-order chi connectivity index (χ1) is 16.4. The molecule has 1 amide bonds. The molecule has 0 bridgehead atoms. The molecule has 0 atom stereocenters. The molecule has 8 heteroatoms. The molecule has 3 rings (SSSR count). The van der Waals surface area contributed by atoms with Gasteiger partial charge >= 0.3 is 6.09 Å². The monoisotopic (exact) mass is 464 g/mol. The van der Waals surface area contributed by atoms with Gasteiger partial charge in [0.1, 0.15) is 0 Å². The van der Waals surface area contributed by atoms with E-state index in [9.17, 15) is 9.59 Å². The van der Waals surface area contributed by atoms with Gasteiger partial charge in [0.15, 0.2) is 0 Å². The largest absolute Gasteiger partial charge is 0.450 e. The molecule has 0 unspecified atom stereocenters. The molecule has 8 nitrogen and oxygen atoms in total. The summed E-state index contributed by atoms with van der Waals surface area (Å²) in [6.07, 6.45) is 0.484. The lowest BCUT2D eigenvalue weighted by atomic mass is 10.1. The smallest absolute Gasteiger partial charge is 0.411 e. The van der Waals surface area contributed by atoms with Crippen LogP contribution in [0.2, 0.25) is 0 Å². The Kier molecular flexibility index (Phi) is 9.37. The second-order valence-corrected chi connectivity index (χ2v) is 8.17. The van der Waals surface area contributed by atoms with Crippen LogP contribution in [0.25, 0.3) is 11.3 Å². The fourth-order valence-corrected chi connectivity index (χ4v) is 3.37. The zero-order chi connectivity index (χ0) is 24.3. The fourth-order valence-electron chi connectivity index (χ4n) is 3.37. The van der Waals surface area contributed by atoms with E-state index in [4.69, 9.17) is 9.47 Å². The molecule has 0 fully saturated rings. The van der Waals surface area contributed by atoms with Crippen molar-refractivity contribution in [2.45, 2.75) is 26.5 Å². The Morgan fingerprint density at radius 3 is 2.59 bits per heavy atom. The van der Waals surface area contributed by atoms with Crippen LogP contribution in [0.3, 0.4) is 0 Å². The number of hydrogen-bond acceptors (Lipinski definition) is 6. The highest BCUT2D eigenvalue weighted by Crippen LogP contribution is 2.17. The maximum absolute atomic E-state index is 12.4. The number of rotatable bonds is 11. The molecule has 3 aromatic rings. The lowest BCUT2D eigenvalue weighted by Crippen LogP contribution is -2.23. The molecular weight excluding hydrogens is 432 g/mol. The number of nitrogens with zero attached hydrogens (tertiary/aromatic N) is 3. The van der Waals surface area contributed by atoms with Crippen LogP contribution in [-0.2, 0) is 22.6 Å². The number of ether oxygens (including phenoxy) is 2. The summed E-state index contributed by atoms with van der Waals surface area (Å²) in [5, 5.41) is 7.22. The normalized spacial score (nSPS) is 10.9. The van der Waals surface area contributed by atoms with Gasteiger partial charge in [0.05, 0.1) is 25.5 Å². The van der Waals surface area contributed by atoms with E-state index in [1.54, 1.807) is 25.1 Å². The summed E-state index contributed by atoms with van der Waals surface area (Å²) in [6, 6.07) is 18.5. The van der Waals surface area contributed by atoms with Gasteiger partial charge < -0.3 is 14.4 Å². The van der Waals surface area contributed by atoms with E-state index in [0.29, 0.717) is 24.6 Å². The zero-order valence-electron chi connectivity index (χ0n) is 20.0. The van der Waals surface area contributed by atoms with Gasteiger partial charge in [-0.15, -0.1) is 0 Å². The second kappa shape index (κ2) is 12.7. The van der Waals surface area contributed by atoms with Crippen LogP contribution in [0, 0.1) is 0 Å². The van der Waals surface area contributed by atoms with Crippen LogP contribution in [0.4, 0.5) is 10.5 Å². The maximum atomic E-state index is 12.4. The molecule has 0 spiro atoms. The minimum Gasteiger partial charge on any atom is -0.450 e. The van der Waals surface area contributed by atoms with Crippen LogP contribution in [0.1, 0.15) is 24.5 Å². The van der Waals surface area contributed by atoms with Crippen molar-refractivity contribution in [3.05, 3.63) is 82.1 Å². The topological polar surface area (TPSA) is 85.7 Å². The van der Waals surface area contributed by atoms with Gasteiger partial charge in [-0.05, 0) is 63.3 Å². The molecule has 1 N–H and O–H groups in total. The zero-order valence-corrected chi connectivity index (χ0v) is 20.0. The number of aromatic nitrogens is 2. The van der Waals surface area contributed by atoms with E-state index < -0.39 is 6.09 Å². The summed E-state index contributed by atoms with van der Waals surface area (Å²) in [4.78, 5) is 26.2. The number of nitrogens with one attached hydrogen (secondary N) is 1. The molecule has 0 saturated heterocycles. The van der Waals surface area contributed by atoms with Crippen molar-refractivity contribution >= 4 is 11.8 Å². The van der Waals surface area contributed by atoms with Crippen molar-refractivity contribution in [3.63, 3.8) is 0 Å². The number of benzene rings is 2. The maximum Gasteiger partial charge on any atom is 0.411 e. The average Bonchev–Trinajstić information content (AvgIpc) is 2.81. The lowest BCUT2D eigenvalue weighted by molar-refractivity contribution is 0.113. The molecule has 0 radical (unpaired) electrons. The van der Waals surface area contributed by atoms with E-state index in [-0.39, 0.29) is 12.1 Å². The highest BCUT2D eigenvalue weighted by molar-refractivity contribution is 5.84. The van der Waals surface area contributed by atoms with Gasteiger partial charge in [-0.25, -0.2) is 9.48 Å². The predicted molar refractivity (Wildman–Crippen MR) is 133 cm³/mol. The molecule has 1 heterocycles. The number of hydrogen-bond donors (Lipinski definition) is 1. The van der Waals surface area contributed by atoms with E-state index >= 15 is 0 Å². The number of anilines is 1. The van der Waals surface area contributed by atoms with Crippen LogP contribution in [-0.4, -0.2) is 54.6 Å². The highest BCUT2D eigenvalue weighted by Gasteiger charge is 2.07. The molecule has 180 valence electrons. The van der Waals surface area contributed by atoms with Crippen molar-refractivity contribution in [2.75, 3.05) is 39.2 Å². The van der Waals surface area contributed by atoms with Crippen LogP contribution in [0.5, 0.6) is 0 Å². The van der Waals surface area contributed by atoms with E-state index in [0.717, 1.165) is 36.3 Å². The van der Waals surface area contributed by atoms with E-state index in [2.05, 4.69) is 29.4 Å². The average molecular weight is 465 g/mol. The quantitative estimate of drug-likeness (QED) is 0.432. The lowest BCUT2D eigenvalue weighted by Gasteiger charge is -2.11. The fraction of sp³-hybridized carbons (Fsp3) is 0.346. The molecule has 0 saturated carbocycles. The van der Waals surface area contributed by atoms with Crippen molar-refractivity contribution in [1.82, 2.24) is 14.7 Å². The number of carbonyl (C=O) groups excluding carboxylic acids is 1. The van der Waals surface area contributed by atoms with Gasteiger partial charge in [-0.3, -0.25) is 10.1 Å². The molecule has 0 aliphatic carbocycles. The van der Waals surface area contributed by atoms with E-state index in [1.165, 1.54) is 10.7 Å². The van der Waals surface area contributed by atoms with Crippen LogP contribution >= 0.6 is 0 Å². The minimum absolute atomic E-state index is 0.199. The van der Waals surface area contributed by atoms with Gasteiger partial charge in [0, 0.05) is 23.9 Å². The Balaban J connectivity index is 1.65. The molecule has 0 aliphatic heterocycles. The second-order valence-electron chi connectivity index (χ2n) is 8.17. The molecule has 34 heavy (non-hydrogen) atoms. The van der Waals surface area contributed by atoms with Gasteiger partial charge in [-0.1, -0.05) is 36.4 Å². The standard InChI is InChI=1S/C26H32N4O4/c1-4-34-26(32)27-23-8-5-7-21(17-23)18-30-25(31)14-13-24(28-30)22-11-9-20(10-12-22)19-33-16-6-15-29(2)3/h5,7-14,17H,4,6,15-16,18-19H2,1-3H3,(H,27,32). The van der Waals surface area contributed by atoms with Crippen LogP contribution < -0.4 is 10.9 Å². The minimum atomic E-state index is -0.514. The molecular formula is C26H32N4O4. The first-order valence-corrected chi connectivity index (χ1v) is 11.4. The third kappa shape index (κ3) is 7.83. The predicted octanol–water partition coefficient (Wildman–Crippen LogP) is 4.00. The van der Waals surface area contributed by atoms with Gasteiger partial charge in [0.2, 0.25) is 0 Å². The molecule has 0 aliphatic rings. The number of carbonyl (C=O) groups is 1. The summed E-state index contributed by atoms with van der Waals surface area (Å²) in [7, 11) is 4.10. The van der Waals surface area contributed by atoms with Crippen molar-refractivity contribution < 1.29 is 14.3 Å². The number of amides is 1. The first-order valence-electron chi connectivity index (χ1n) is 11.4. The third-order valence-electron chi connectivity index (χ3n) is 5.06. The van der Waals surface area contributed by atoms with Crippen LogP contribution in [0.15, 0.2) is 65.5 Å².